The lowest BCUT2D eigenvalue weighted by atomic mass is 10.1. The second-order valence-corrected chi connectivity index (χ2v) is 7.83. The summed E-state index contributed by atoms with van der Waals surface area (Å²) >= 11 is 0. The molecule has 0 fully saturated rings. The van der Waals surface area contributed by atoms with E-state index in [-0.39, 0.29) is 0 Å². The molecule has 0 unspecified atom stereocenters. The van der Waals surface area contributed by atoms with Crippen molar-refractivity contribution in [3.8, 4) is 22.6 Å². The highest BCUT2D eigenvalue weighted by atomic mass is 16.5. The third-order valence-corrected chi connectivity index (χ3v) is 5.26. The lowest BCUT2D eigenvalue weighted by Gasteiger charge is -2.09. The van der Waals surface area contributed by atoms with Crippen molar-refractivity contribution in [1.29, 1.82) is 0 Å². The van der Waals surface area contributed by atoms with Crippen molar-refractivity contribution in [1.82, 2.24) is 0 Å². The van der Waals surface area contributed by atoms with Gasteiger partial charge in [-0.2, -0.15) is 0 Å². The molecule has 0 saturated carbocycles. The van der Waals surface area contributed by atoms with E-state index in [1.807, 2.05) is 6.08 Å². The van der Waals surface area contributed by atoms with Crippen molar-refractivity contribution in [2.75, 3.05) is 13.2 Å². The third-order valence-electron chi connectivity index (χ3n) is 5.26. The van der Waals surface area contributed by atoms with E-state index in [0.29, 0.717) is 0 Å². The minimum Gasteiger partial charge on any atom is -0.494 e. The highest BCUT2D eigenvalue weighted by molar-refractivity contribution is 5.64. The van der Waals surface area contributed by atoms with Crippen LogP contribution < -0.4 is 9.47 Å². The molecule has 2 aromatic carbocycles. The first-order chi connectivity index (χ1) is 14.7. The molecule has 0 aromatic heterocycles. The Balaban J connectivity index is 1.67. The summed E-state index contributed by atoms with van der Waals surface area (Å²) in [6.07, 6.45) is 12.5. The smallest absolute Gasteiger partial charge is 0.119 e. The highest BCUT2D eigenvalue weighted by Crippen LogP contribution is 2.25. The van der Waals surface area contributed by atoms with Crippen LogP contribution in [-0.2, 0) is 0 Å². The second kappa shape index (κ2) is 14.5. The van der Waals surface area contributed by atoms with Gasteiger partial charge in [0.25, 0.3) is 0 Å². The normalized spacial score (nSPS) is 10.6. The van der Waals surface area contributed by atoms with E-state index in [4.69, 9.17) is 9.47 Å². The van der Waals surface area contributed by atoms with E-state index >= 15 is 0 Å². The molecule has 2 heteroatoms. The summed E-state index contributed by atoms with van der Waals surface area (Å²) in [6, 6.07) is 16.7. The summed E-state index contributed by atoms with van der Waals surface area (Å²) < 4.78 is 11.7. The Kier molecular flexibility index (Phi) is 11.5. The van der Waals surface area contributed by atoms with Crippen LogP contribution in [0, 0.1) is 0 Å². The summed E-state index contributed by atoms with van der Waals surface area (Å²) in [4.78, 5) is 0. The minimum absolute atomic E-state index is 0.770. The van der Waals surface area contributed by atoms with Gasteiger partial charge in [-0.15, -0.1) is 0 Å². The van der Waals surface area contributed by atoms with Gasteiger partial charge in [-0.05, 0) is 61.1 Å². The predicted octanol–water partition coefficient (Wildman–Crippen LogP) is 8.38. The average molecular weight is 407 g/mol. The van der Waals surface area contributed by atoms with Gasteiger partial charge < -0.3 is 9.47 Å². The van der Waals surface area contributed by atoms with Crippen LogP contribution in [0.25, 0.3) is 11.1 Å². The SMILES string of the molecule is C=CC(=C)CCCCCCOc1ccc(-c2ccc(OCCCCCC)cc2)cc1. The molecule has 162 valence electrons. The molecule has 2 aromatic rings. The number of hydrogen-bond acceptors (Lipinski definition) is 2. The quantitative estimate of drug-likeness (QED) is 0.206. The maximum atomic E-state index is 5.88. The molecule has 2 nitrogen and oxygen atoms in total. The molecule has 0 aliphatic carbocycles. The Bertz CT molecular complexity index is 728. The molecule has 30 heavy (non-hydrogen) atoms. The lowest BCUT2D eigenvalue weighted by molar-refractivity contribution is 0.304. The van der Waals surface area contributed by atoms with E-state index < -0.39 is 0 Å². The number of unbranched alkanes of at least 4 members (excludes halogenated alkanes) is 6. The fourth-order valence-electron chi connectivity index (χ4n) is 3.31. The summed E-state index contributed by atoms with van der Waals surface area (Å²) in [6.45, 7) is 11.5. The molecule has 0 saturated heterocycles. The van der Waals surface area contributed by atoms with Gasteiger partial charge in [0.05, 0.1) is 13.2 Å². The summed E-state index contributed by atoms with van der Waals surface area (Å²) in [7, 11) is 0. The summed E-state index contributed by atoms with van der Waals surface area (Å²) in [5.41, 5.74) is 3.52. The number of ether oxygens (including phenoxy) is 2. The molecule has 0 N–H and O–H groups in total. The van der Waals surface area contributed by atoms with Gasteiger partial charge in [0.15, 0.2) is 0 Å². The maximum Gasteiger partial charge on any atom is 0.119 e. The standard InChI is InChI=1S/C28H38O2/c1-4-6-7-11-22-29-27-18-14-25(15-19-27)26-16-20-28(21-17-26)30-23-12-9-8-10-13-24(3)5-2/h5,14-21H,2-4,6-13,22-23H2,1H3. The van der Waals surface area contributed by atoms with Crippen LogP contribution >= 0.6 is 0 Å². The third kappa shape index (κ3) is 9.35. The molecule has 0 amide bonds. The minimum atomic E-state index is 0.770. The van der Waals surface area contributed by atoms with Crippen molar-refractivity contribution in [3.05, 3.63) is 73.3 Å². The van der Waals surface area contributed by atoms with Crippen LogP contribution in [0.4, 0.5) is 0 Å². The van der Waals surface area contributed by atoms with Gasteiger partial charge in [0.2, 0.25) is 0 Å². The van der Waals surface area contributed by atoms with E-state index in [9.17, 15) is 0 Å². The van der Waals surface area contributed by atoms with Crippen LogP contribution in [0.5, 0.6) is 11.5 Å². The zero-order chi connectivity index (χ0) is 21.4. The highest BCUT2D eigenvalue weighted by Gasteiger charge is 2.01. The Labute approximate surface area is 183 Å². The predicted molar refractivity (Wildman–Crippen MR) is 129 cm³/mol. The van der Waals surface area contributed by atoms with Crippen LogP contribution in [0.3, 0.4) is 0 Å². The van der Waals surface area contributed by atoms with E-state index in [1.165, 1.54) is 49.7 Å². The first-order valence-electron chi connectivity index (χ1n) is 11.5. The number of rotatable bonds is 16. The lowest BCUT2D eigenvalue weighted by Crippen LogP contribution is -1.97. The van der Waals surface area contributed by atoms with Gasteiger partial charge in [-0.3, -0.25) is 0 Å². The van der Waals surface area contributed by atoms with Crippen molar-refractivity contribution >= 4 is 0 Å². The molecule has 0 spiro atoms. The molecule has 0 aliphatic heterocycles. The molecule has 2 rings (SSSR count). The van der Waals surface area contributed by atoms with E-state index in [1.54, 1.807) is 0 Å². The second-order valence-electron chi connectivity index (χ2n) is 7.83. The van der Waals surface area contributed by atoms with Gasteiger partial charge in [-0.25, -0.2) is 0 Å². The molecule has 0 heterocycles. The van der Waals surface area contributed by atoms with Gasteiger partial charge in [-0.1, -0.05) is 88.1 Å². The largest absolute Gasteiger partial charge is 0.494 e. The Morgan fingerprint density at radius 1 is 0.700 bits per heavy atom. The maximum absolute atomic E-state index is 5.88. The molecular formula is C28H38O2. The van der Waals surface area contributed by atoms with Crippen molar-refractivity contribution in [3.63, 3.8) is 0 Å². The molecule has 0 bridgehead atoms. The van der Waals surface area contributed by atoms with Gasteiger partial charge in [0, 0.05) is 0 Å². The molecule has 0 aliphatic rings. The number of allylic oxidation sites excluding steroid dienone is 2. The van der Waals surface area contributed by atoms with Crippen LogP contribution in [0.15, 0.2) is 73.3 Å². The first-order valence-corrected chi connectivity index (χ1v) is 11.5. The van der Waals surface area contributed by atoms with Crippen molar-refractivity contribution in [2.24, 2.45) is 0 Å². The molecule has 0 radical (unpaired) electrons. The van der Waals surface area contributed by atoms with Crippen LogP contribution in [-0.4, -0.2) is 13.2 Å². The van der Waals surface area contributed by atoms with Gasteiger partial charge >= 0.3 is 0 Å². The van der Waals surface area contributed by atoms with Gasteiger partial charge in [0.1, 0.15) is 11.5 Å². The van der Waals surface area contributed by atoms with Crippen LogP contribution in [0.2, 0.25) is 0 Å². The average Bonchev–Trinajstić information content (AvgIpc) is 2.79. The van der Waals surface area contributed by atoms with Crippen molar-refractivity contribution < 1.29 is 9.47 Å². The van der Waals surface area contributed by atoms with E-state index in [0.717, 1.165) is 49.5 Å². The topological polar surface area (TPSA) is 18.5 Å². The van der Waals surface area contributed by atoms with E-state index in [2.05, 4.69) is 68.6 Å². The van der Waals surface area contributed by atoms with Crippen molar-refractivity contribution in [2.45, 2.75) is 64.7 Å². The zero-order valence-corrected chi connectivity index (χ0v) is 18.7. The first kappa shape index (κ1) is 23.8. The fourth-order valence-corrected chi connectivity index (χ4v) is 3.31. The monoisotopic (exact) mass is 406 g/mol. The molecular weight excluding hydrogens is 368 g/mol. The zero-order valence-electron chi connectivity index (χ0n) is 18.7. The van der Waals surface area contributed by atoms with Crippen LogP contribution in [0.1, 0.15) is 64.7 Å². The summed E-state index contributed by atoms with van der Waals surface area (Å²) in [5, 5.41) is 0. The summed E-state index contributed by atoms with van der Waals surface area (Å²) in [5.74, 6) is 1.88. The Hall–Kier alpha value is -2.48. The fraction of sp³-hybridized carbons (Fsp3) is 0.429. The number of hydrogen-bond donors (Lipinski definition) is 0. The molecule has 0 atom stereocenters. The Morgan fingerprint density at radius 2 is 1.17 bits per heavy atom. The Morgan fingerprint density at radius 3 is 1.63 bits per heavy atom. The number of benzene rings is 2.